The molecule has 0 radical (unpaired) electrons. The Morgan fingerprint density at radius 2 is 2.08 bits per heavy atom. The van der Waals surface area contributed by atoms with Crippen LogP contribution in [0.3, 0.4) is 0 Å². The van der Waals surface area contributed by atoms with Crippen LogP contribution in [-0.4, -0.2) is 6.61 Å². The van der Waals surface area contributed by atoms with Gasteiger partial charge in [0.25, 0.3) is 0 Å². The third-order valence-electron chi connectivity index (χ3n) is 1.98. The first kappa shape index (κ1) is 12.3. The van der Waals surface area contributed by atoms with Gasteiger partial charge in [0.05, 0.1) is 6.26 Å². The predicted octanol–water partition coefficient (Wildman–Crippen LogP) is 4.06. The second-order valence-corrected chi connectivity index (χ2v) is 3.14. The first-order valence-corrected chi connectivity index (χ1v) is 5.25. The van der Waals surface area contributed by atoms with Crippen LogP contribution in [0.4, 0.5) is 0 Å². The van der Waals surface area contributed by atoms with Crippen molar-refractivity contribution in [3.63, 3.8) is 0 Å². The molecule has 0 bridgehead atoms. The van der Waals surface area contributed by atoms with Gasteiger partial charge in [-0.3, -0.25) is 0 Å². The minimum absolute atomic E-state index is 0.701. The Kier molecular flexibility index (Phi) is 8.85. The van der Waals surface area contributed by atoms with Crippen molar-refractivity contribution in [3.8, 4) is 0 Å². The Morgan fingerprint density at radius 3 is 2.62 bits per heavy atom. The van der Waals surface area contributed by atoms with Crippen molar-refractivity contribution in [1.82, 2.24) is 0 Å². The maximum absolute atomic E-state index is 5.38. The molecule has 0 N–H and O–H groups in total. The molecule has 0 aromatic rings. The van der Waals surface area contributed by atoms with Crippen LogP contribution in [0.25, 0.3) is 0 Å². The molecule has 0 amide bonds. The molecule has 0 aliphatic heterocycles. The van der Waals surface area contributed by atoms with E-state index in [0.29, 0.717) is 6.61 Å². The van der Waals surface area contributed by atoms with Gasteiger partial charge < -0.3 is 4.74 Å². The van der Waals surface area contributed by atoms with Crippen molar-refractivity contribution in [3.05, 3.63) is 24.0 Å². The molecule has 0 saturated carbocycles. The number of rotatable bonds is 7. The Bertz CT molecular complexity index is 157. The molecule has 0 aliphatic rings. The lowest BCUT2D eigenvalue weighted by molar-refractivity contribution is 0.284. The van der Waals surface area contributed by atoms with Crippen molar-refractivity contribution >= 4 is 0 Å². The highest BCUT2D eigenvalue weighted by Crippen LogP contribution is 2.10. The number of hydrogen-bond donors (Lipinski definition) is 0. The minimum atomic E-state index is 0.701. The zero-order valence-electron chi connectivity index (χ0n) is 9.18. The fourth-order valence-electron chi connectivity index (χ4n) is 1.04. The molecule has 0 rings (SSSR count). The molecule has 0 aromatic heterocycles. The van der Waals surface area contributed by atoms with Crippen LogP contribution in [-0.2, 0) is 4.74 Å². The van der Waals surface area contributed by atoms with E-state index >= 15 is 0 Å². The highest BCUT2D eigenvalue weighted by molar-refractivity contribution is 4.97. The van der Waals surface area contributed by atoms with Gasteiger partial charge in [0, 0.05) is 0 Å². The summed E-state index contributed by atoms with van der Waals surface area (Å²) >= 11 is 0. The van der Waals surface area contributed by atoms with Gasteiger partial charge >= 0.3 is 0 Å². The van der Waals surface area contributed by atoms with Gasteiger partial charge in [-0.15, -0.1) is 0 Å². The summed E-state index contributed by atoms with van der Waals surface area (Å²) in [5, 5.41) is 0. The average molecular weight is 182 g/mol. The van der Waals surface area contributed by atoms with E-state index in [-0.39, 0.29) is 0 Å². The van der Waals surface area contributed by atoms with E-state index in [2.05, 4.69) is 13.8 Å². The van der Waals surface area contributed by atoms with Crippen LogP contribution >= 0.6 is 0 Å². The Balaban J connectivity index is 3.64. The SMILES string of the molecule is C/C=C/CO/C=C(\CC)CCCC. The number of allylic oxidation sites excluding steroid dienone is 2. The molecule has 0 spiro atoms. The molecule has 0 aliphatic carbocycles. The fraction of sp³-hybridized carbons (Fsp3) is 0.667. The fourth-order valence-corrected chi connectivity index (χ4v) is 1.04. The van der Waals surface area contributed by atoms with Gasteiger partial charge in [0.2, 0.25) is 0 Å². The van der Waals surface area contributed by atoms with Crippen molar-refractivity contribution in [1.29, 1.82) is 0 Å². The standard InChI is InChI=1S/C12H22O/c1-4-7-9-12(6-3)11-13-10-8-5-2/h5,8,11H,4,6-7,9-10H2,1-3H3/b8-5+,12-11+. The van der Waals surface area contributed by atoms with Crippen LogP contribution in [0, 0.1) is 0 Å². The second kappa shape index (κ2) is 9.37. The third-order valence-corrected chi connectivity index (χ3v) is 1.98. The van der Waals surface area contributed by atoms with E-state index < -0.39 is 0 Å². The van der Waals surface area contributed by atoms with Crippen molar-refractivity contribution in [2.45, 2.75) is 46.5 Å². The normalized spacial score (nSPS) is 12.4. The van der Waals surface area contributed by atoms with Gasteiger partial charge in [0.1, 0.15) is 6.61 Å². The average Bonchev–Trinajstić information content (AvgIpc) is 2.17. The number of hydrogen-bond acceptors (Lipinski definition) is 1. The summed E-state index contributed by atoms with van der Waals surface area (Å²) in [6.07, 6.45) is 10.8. The lowest BCUT2D eigenvalue weighted by atomic mass is 10.1. The molecular formula is C12H22O. The number of ether oxygens (including phenoxy) is 1. The Labute approximate surface area is 82.5 Å². The van der Waals surface area contributed by atoms with Gasteiger partial charge in [-0.25, -0.2) is 0 Å². The highest BCUT2D eigenvalue weighted by Gasteiger charge is 1.93. The van der Waals surface area contributed by atoms with Crippen molar-refractivity contribution < 1.29 is 4.74 Å². The smallest absolute Gasteiger partial charge is 0.105 e. The molecule has 0 unspecified atom stereocenters. The summed E-state index contributed by atoms with van der Waals surface area (Å²) in [6.45, 7) is 7.10. The molecular weight excluding hydrogens is 160 g/mol. The van der Waals surface area contributed by atoms with E-state index in [1.165, 1.54) is 24.8 Å². The minimum Gasteiger partial charge on any atom is -0.497 e. The van der Waals surface area contributed by atoms with Crippen LogP contribution in [0.1, 0.15) is 46.5 Å². The summed E-state index contributed by atoms with van der Waals surface area (Å²) in [4.78, 5) is 0. The zero-order valence-corrected chi connectivity index (χ0v) is 9.18. The molecule has 0 atom stereocenters. The summed E-state index contributed by atoms with van der Waals surface area (Å²) in [5.41, 5.74) is 1.42. The molecule has 1 nitrogen and oxygen atoms in total. The van der Waals surface area contributed by atoms with Crippen LogP contribution in [0.5, 0.6) is 0 Å². The molecule has 0 heterocycles. The van der Waals surface area contributed by atoms with E-state index in [1.54, 1.807) is 0 Å². The first-order valence-electron chi connectivity index (χ1n) is 5.25. The van der Waals surface area contributed by atoms with Gasteiger partial charge in [-0.05, 0) is 31.8 Å². The quantitative estimate of drug-likeness (QED) is 0.328. The van der Waals surface area contributed by atoms with Gasteiger partial charge in [0.15, 0.2) is 0 Å². The topological polar surface area (TPSA) is 9.23 Å². The van der Waals surface area contributed by atoms with E-state index in [0.717, 1.165) is 6.42 Å². The van der Waals surface area contributed by atoms with Crippen LogP contribution in [0.2, 0.25) is 0 Å². The van der Waals surface area contributed by atoms with E-state index in [9.17, 15) is 0 Å². The first-order chi connectivity index (χ1) is 6.35. The summed E-state index contributed by atoms with van der Waals surface area (Å²) < 4.78 is 5.38. The van der Waals surface area contributed by atoms with Gasteiger partial charge in [-0.1, -0.05) is 32.4 Å². The molecule has 13 heavy (non-hydrogen) atoms. The van der Waals surface area contributed by atoms with E-state index in [1.807, 2.05) is 25.3 Å². The second-order valence-electron chi connectivity index (χ2n) is 3.14. The molecule has 0 aromatic carbocycles. The lowest BCUT2D eigenvalue weighted by Gasteiger charge is -2.03. The lowest BCUT2D eigenvalue weighted by Crippen LogP contribution is -1.87. The molecule has 0 saturated heterocycles. The van der Waals surface area contributed by atoms with Gasteiger partial charge in [-0.2, -0.15) is 0 Å². The van der Waals surface area contributed by atoms with Crippen LogP contribution in [0.15, 0.2) is 24.0 Å². The maximum atomic E-state index is 5.38. The Morgan fingerprint density at radius 1 is 1.31 bits per heavy atom. The number of unbranched alkanes of at least 4 members (excludes halogenated alkanes) is 1. The molecule has 0 fully saturated rings. The largest absolute Gasteiger partial charge is 0.497 e. The summed E-state index contributed by atoms with van der Waals surface area (Å²) in [7, 11) is 0. The maximum Gasteiger partial charge on any atom is 0.105 e. The Hall–Kier alpha value is -0.720. The summed E-state index contributed by atoms with van der Waals surface area (Å²) in [5.74, 6) is 0. The van der Waals surface area contributed by atoms with E-state index in [4.69, 9.17) is 4.74 Å². The zero-order chi connectivity index (χ0) is 9.94. The predicted molar refractivity (Wildman–Crippen MR) is 58.7 cm³/mol. The third kappa shape index (κ3) is 7.63. The molecule has 1 heteroatoms. The molecule has 76 valence electrons. The summed E-state index contributed by atoms with van der Waals surface area (Å²) in [6, 6.07) is 0. The van der Waals surface area contributed by atoms with Crippen molar-refractivity contribution in [2.75, 3.05) is 6.61 Å². The van der Waals surface area contributed by atoms with Crippen molar-refractivity contribution in [2.24, 2.45) is 0 Å². The highest BCUT2D eigenvalue weighted by atomic mass is 16.5. The van der Waals surface area contributed by atoms with Crippen LogP contribution < -0.4 is 0 Å². The monoisotopic (exact) mass is 182 g/mol.